The molecular weight excluding hydrogens is 202 g/mol. The van der Waals surface area contributed by atoms with Crippen molar-refractivity contribution >= 4 is 10.1 Å². The van der Waals surface area contributed by atoms with Crippen LogP contribution in [0.4, 0.5) is 0 Å². The van der Waals surface area contributed by atoms with E-state index in [0.717, 1.165) is 4.73 Å². The van der Waals surface area contributed by atoms with Crippen LogP contribution in [0.3, 0.4) is 0 Å². The van der Waals surface area contributed by atoms with E-state index in [2.05, 4.69) is 6.58 Å². The molecule has 0 aliphatic heterocycles. The SMILES string of the molecule is C=C(C)CS(=O)(=O)O[n+]1ccccc1. The molecule has 0 bridgehead atoms. The smallest absolute Gasteiger partial charge is 0.181 e. The van der Waals surface area contributed by atoms with E-state index in [-0.39, 0.29) is 5.75 Å². The molecule has 5 heteroatoms. The number of rotatable bonds is 4. The normalized spacial score (nSPS) is 10.9. The van der Waals surface area contributed by atoms with Crippen molar-refractivity contribution in [3.05, 3.63) is 42.7 Å². The third kappa shape index (κ3) is 3.57. The van der Waals surface area contributed by atoms with Gasteiger partial charge in [-0.2, -0.15) is 8.42 Å². The Labute approximate surface area is 83.5 Å². The van der Waals surface area contributed by atoms with E-state index in [1.807, 2.05) is 0 Å². The average Bonchev–Trinajstić information content (AvgIpc) is 2.02. The lowest BCUT2D eigenvalue weighted by Crippen LogP contribution is -2.45. The molecule has 0 fully saturated rings. The molecule has 1 heterocycles. The largest absolute Gasteiger partial charge is 0.371 e. The van der Waals surface area contributed by atoms with Crippen molar-refractivity contribution < 1.29 is 17.4 Å². The highest BCUT2D eigenvalue weighted by Crippen LogP contribution is 1.94. The lowest BCUT2D eigenvalue weighted by atomic mass is 10.4. The van der Waals surface area contributed by atoms with Crippen LogP contribution in [-0.4, -0.2) is 14.2 Å². The van der Waals surface area contributed by atoms with Crippen molar-refractivity contribution in [1.82, 2.24) is 0 Å². The zero-order valence-electron chi connectivity index (χ0n) is 7.88. The summed E-state index contributed by atoms with van der Waals surface area (Å²) >= 11 is 0. The molecule has 1 aromatic heterocycles. The maximum absolute atomic E-state index is 11.3. The molecule has 0 unspecified atom stereocenters. The zero-order chi connectivity index (χ0) is 10.6. The van der Waals surface area contributed by atoms with Crippen molar-refractivity contribution in [2.24, 2.45) is 0 Å². The summed E-state index contributed by atoms with van der Waals surface area (Å²) in [7, 11) is -3.57. The summed E-state index contributed by atoms with van der Waals surface area (Å²) in [6.45, 7) is 5.15. The van der Waals surface area contributed by atoms with Gasteiger partial charge in [0, 0.05) is 16.9 Å². The Balaban J connectivity index is 2.74. The monoisotopic (exact) mass is 214 g/mol. The summed E-state index contributed by atoms with van der Waals surface area (Å²) in [5, 5.41) is 0. The molecule has 0 amide bonds. The Morgan fingerprint density at radius 3 is 2.43 bits per heavy atom. The van der Waals surface area contributed by atoms with Crippen LogP contribution in [0.2, 0.25) is 0 Å². The molecule has 0 N–H and O–H groups in total. The summed E-state index contributed by atoms with van der Waals surface area (Å²) in [5.74, 6) is -0.172. The van der Waals surface area contributed by atoms with Gasteiger partial charge in [-0.25, -0.2) is 0 Å². The predicted octanol–water partition coefficient (Wildman–Crippen LogP) is 0.309. The van der Waals surface area contributed by atoms with Crippen LogP contribution in [0.15, 0.2) is 42.7 Å². The summed E-state index contributed by atoms with van der Waals surface area (Å²) < 4.78 is 28.5. The van der Waals surface area contributed by atoms with Crippen LogP contribution in [-0.2, 0) is 10.1 Å². The molecule has 0 saturated heterocycles. The van der Waals surface area contributed by atoms with Gasteiger partial charge < -0.3 is 0 Å². The molecule has 0 saturated carbocycles. The Hall–Kier alpha value is -1.36. The number of pyridine rings is 1. The number of aromatic nitrogens is 1. The van der Waals surface area contributed by atoms with E-state index in [4.69, 9.17) is 4.28 Å². The zero-order valence-corrected chi connectivity index (χ0v) is 8.70. The highest BCUT2D eigenvalue weighted by molar-refractivity contribution is 7.86. The van der Waals surface area contributed by atoms with Crippen molar-refractivity contribution in [3.63, 3.8) is 0 Å². The third-order valence-electron chi connectivity index (χ3n) is 1.31. The minimum atomic E-state index is -3.57. The first-order valence-electron chi connectivity index (χ1n) is 4.03. The number of hydrogen-bond acceptors (Lipinski definition) is 3. The van der Waals surface area contributed by atoms with E-state index >= 15 is 0 Å². The van der Waals surface area contributed by atoms with Gasteiger partial charge in [-0.1, -0.05) is 18.2 Å². The highest BCUT2D eigenvalue weighted by Gasteiger charge is 2.17. The lowest BCUT2D eigenvalue weighted by Gasteiger charge is -1.98. The molecule has 0 aliphatic carbocycles. The Morgan fingerprint density at radius 2 is 1.93 bits per heavy atom. The van der Waals surface area contributed by atoms with E-state index in [1.165, 1.54) is 12.4 Å². The van der Waals surface area contributed by atoms with Crippen molar-refractivity contribution in [2.45, 2.75) is 6.92 Å². The molecule has 4 nitrogen and oxygen atoms in total. The molecule has 0 spiro atoms. The molecule has 1 rings (SSSR count). The van der Waals surface area contributed by atoms with E-state index in [0.29, 0.717) is 5.57 Å². The lowest BCUT2D eigenvalue weighted by molar-refractivity contribution is -0.856. The van der Waals surface area contributed by atoms with Crippen LogP contribution in [0.5, 0.6) is 0 Å². The van der Waals surface area contributed by atoms with Gasteiger partial charge in [-0.3, -0.25) is 0 Å². The van der Waals surface area contributed by atoms with Crippen LogP contribution in [0.1, 0.15) is 6.92 Å². The molecule has 0 aromatic carbocycles. The topological polar surface area (TPSA) is 47.3 Å². The van der Waals surface area contributed by atoms with Crippen LogP contribution in [0, 0.1) is 0 Å². The van der Waals surface area contributed by atoms with Crippen LogP contribution < -0.4 is 9.01 Å². The summed E-state index contributed by atoms with van der Waals surface area (Å²) in [4.78, 5) is 0. The first kappa shape index (κ1) is 10.7. The maximum atomic E-state index is 11.3. The first-order chi connectivity index (χ1) is 6.49. The Kier molecular flexibility index (Phi) is 3.24. The second-order valence-corrected chi connectivity index (χ2v) is 4.52. The van der Waals surface area contributed by atoms with Gasteiger partial charge in [0.25, 0.3) is 0 Å². The van der Waals surface area contributed by atoms with Gasteiger partial charge in [0.1, 0.15) is 5.75 Å². The quantitative estimate of drug-likeness (QED) is 0.535. The third-order valence-corrected chi connectivity index (χ3v) is 2.56. The molecule has 76 valence electrons. The van der Waals surface area contributed by atoms with Gasteiger partial charge in [0.05, 0.1) is 0 Å². The van der Waals surface area contributed by atoms with Crippen molar-refractivity contribution in [1.29, 1.82) is 0 Å². The molecule has 0 aliphatic rings. The Bertz CT molecular complexity index is 411. The van der Waals surface area contributed by atoms with Gasteiger partial charge in [-0.05, 0) is 6.92 Å². The predicted molar refractivity (Wildman–Crippen MR) is 51.8 cm³/mol. The van der Waals surface area contributed by atoms with E-state index < -0.39 is 10.1 Å². The molecule has 0 atom stereocenters. The second kappa shape index (κ2) is 4.23. The highest BCUT2D eigenvalue weighted by atomic mass is 32.2. The van der Waals surface area contributed by atoms with Gasteiger partial charge in [0.15, 0.2) is 0 Å². The fourth-order valence-corrected chi connectivity index (χ4v) is 1.91. The van der Waals surface area contributed by atoms with E-state index in [1.54, 1.807) is 25.1 Å². The summed E-state index contributed by atoms with van der Waals surface area (Å²) in [6.07, 6.45) is 3.02. The molecule has 1 aromatic rings. The number of nitrogens with zero attached hydrogens (tertiary/aromatic N) is 1. The number of hydrogen-bond donors (Lipinski definition) is 0. The minimum absolute atomic E-state index is 0.172. The summed E-state index contributed by atoms with van der Waals surface area (Å²) in [6, 6.07) is 5.12. The van der Waals surface area contributed by atoms with E-state index in [9.17, 15) is 8.42 Å². The van der Waals surface area contributed by atoms with Crippen molar-refractivity contribution in [2.75, 3.05) is 5.75 Å². The fourth-order valence-electron chi connectivity index (χ4n) is 0.892. The average molecular weight is 214 g/mol. The minimum Gasteiger partial charge on any atom is -0.181 e. The summed E-state index contributed by atoms with van der Waals surface area (Å²) in [5.41, 5.74) is 0.543. The first-order valence-corrected chi connectivity index (χ1v) is 5.61. The maximum Gasteiger partial charge on any atom is 0.371 e. The van der Waals surface area contributed by atoms with Crippen LogP contribution in [0.25, 0.3) is 0 Å². The molecule has 0 radical (unpaired) electrons. The van der Waals surface area contributed by atoms with Crippen molar-refractivity contribution in [3.8, 4) is 0 Å². The van der Waals surface area contributed by atoms with Gasteiger partial charge in [-0.15, -0.1) is 4.28 Å². The van der Waals surface area contributed by atoms with Crippen LogP contribution >= 0.6 is 0 Å². The standard InChI is InChI=1S/C9H12NO3S/c1-9(2)8-14(11,12)13-10-6-4-3-5-7-10/h3-7H,1,8H2,2H3/q+1. The molecule has 14 heavy (non-hydrogen) atoms. The van der Waals surface area contributed by atoms with Gasteiger partial charge >= 0.3 is 10.1 Å². The Morgan fingerprint density at radius 1 is 1.36 bits per heavy atom. The fraction of sp³-hybridized carbons (Fsp3) is 0.222. The molecular formula is C9H12NO3S+. The van der Waals surface area contributed by atoms with Gasteiger partial charge in [0.2, 0.25) is 12.4 Å². The second-order valence-electron chi connectivity index (χ2n) is 2.97.